The first-order valence-electron chi connectivity index (χ1n) is 5.70. The molecular formula is C13H11FN4S. The second-order valence-electron chi connectivity index (χ2n) is 3.88. The van der Waals surface area contributed by atoms with Gasteiger partial charge < -0.3 is 0 Å². The van der Waals surface area contributed by atoms with Gasteiger partial charge in [-0.2, -0.15) is 9.93 Å². The first-order valence-corrected chi connectivity index (χ1v) is 6.52. The molecule has 0 fully saturated rings. The van der Waals surface area contributed by atoms with Crippen molar-refractivity contribution < 1.29 is 4.39 Å². The number of aromatic amines is 1. The molecule has 0 aliphatic carbocycles. The maximum Gasteiger partial charge on any atom is 0.173 e. The van der Waals surface area contributed by atoms with Gasteiger partial charge in [-0.1, -0.05) is 24.3 Å². The normalized spacial score (nSPS) is 10.8. The number of rotatable bonds is 4. The largest absolute Gasteiger partial charge is 0.294 e. The van der Waals surface area contributed by atoms with Crippen LogP contribution in [0, 0.1) is 5.82 Å². The van der Waals surface area contributed by atoms with Gasteiger partial charge in [0.2, 0.25) is 0 Å². The van der Waals surface area contributed by atoms with E-state index in [9.17, 15) is 4.39 Å². The first-order chi connectivity index (χ1) is 9.34. The third kappa shape index (κ3) is 2.54. The summed E-state index contributed by atoms with van der Waals surface area (Å²) in [5.74, 6) is 0.136. The van der Waals surface area contributed by atoms with Crippen molar-refractivity contribution in [1.82, 2.24) is 15.0 Å². The third-order valence-corrected chi connectivity index (χ3v) is 3.33. The minimum absolute atomic E-state index is 0.305. The summed E-state index contributed by atoms with van der Waals surface area (Å²) in [5.41, 5.74) is 3.55. The van der Waals surface area contributed by atoms with Crippen LogP contribution < -0.4 is 10.3 Å². The van der Waals surface area contributed by atoms with Crippen LogP contribution in [0.25, 0.3) is 10.9 Å². The molecule has 4 nitrogen and oxygen atoms in total. The number of aromatic nitrogens is 2. The molecule has 0 bridgehead atoms. The van der Waals surface area contributed by atoms with Crippen LogP contribution in [0.15, 0.2) is 53.4 Å². The summed E-state index contributed by atoms with van der Waals surface area (Å²) in [6.45, 7) is 0. The van der Waals surface area contributed by atoms with Gasteiger partial charge in [0.15, 0.2) is 5.82 Å². The number of nitrogens with zero attached hydrogens (tertiary/aromatic N) is 1. The van der Waals surface area contributed by atoms with Crippen LogP contribution in [0.3, 0.4) is 0 Å². The molecule has 1 heterocycles. The quantitative estimate of drug-likeness (QED) is 0.504. The monoisotopic (exact) mass is 274 g/mol. The average molecular weight is 274 g/mol. The minimum atomic E-state index is -0.305. The fourth-order valence-corrected chi connectivity index (χ4v) is 2.30. The Labute approximate surface area is 113 Å². The van der Waals surface area contributed by atoms with E-state index < -0.39 is 0 Å². The number of nitrogens with one attached hydrogen (secondary N) is 3. The summed E-state index contributed by atoms with van der Waals surface area (Å²) in [4.78, 5) is 3.99. The Morgan fingerprint density at radius 2 is 1.89 bits per heavy atom. The predicted molar refractivity (Wildman–Crippen MR) is 75.1 cm³/mol. The molecule has 1 aromatic heterocycles. The molecule has 3 rings (SSSR count). The Kier molecular flexibility index (Phi) is 3.35. The number of hydrogen-bond donors (Lipinski definition) is 3. The molecule has 0 saturated carbocycles. The van der Waals surface area contributed by atoms with Gasteiger partial charge >= 0.3 is 0 Å². The highest BCUT2D eigenvalue weighted by atomic mass is 32.2. The molecule has 0 aliphatic rings. The van der Waals surface area contributed by atoms with Crippen LogP contribution in [0.4, 0.5) is 10.2 Å². The summed E-state index contributed by atoms with van der Waals surface area (Å²) < 4.78 is 13.7. The van der Waals surface area contributed by atoms with Crippen LogP contribution in [0.1, 0.15) is 0 Å². The zero-order chi connectivity index (χ0) is 13.1. The molecule has 2 aromatic carbocycles. The van der Waals surface area contributed by atoms with Crippen LogP contribution in [0.2, 0.25) is 0 Å². The lowest BCUT2D eigenvalue weighted by Crippen LogP contribution is -2.13. The lowest BCUT2D eigenvalue weighted by Gasteiger charge is -2.05. The van der Waals surface area contributed by atoms with Gasteiger partial charge in [0, 0.05) is 4.90 Å². The highest BCUT2D eigenvalue weighted by molar-refractivity contribution is 7.97. The molecule has 6 heteroatoms. The second kappa shape index (κ2) is 5.29. The van der Waals surface area contributed by atoms with Gasteiger partial charge in [0.1, 0.15) is 5.82 Å². The van der Waals surface area contributed by atoms with E-state index >= 15 is 0 Å². The van der Waals surface area contributed by atoms with Crippen molar-refractivity contribution in [2.45, 2.75) is 4.90 Å². The lowest BCUT2D eigenvalue weighted by molar-refractivity contribution is 0.640. The van der Waals surface area contributed by atoms with Crippen LogP contribution in [-0.4, -0.2) is 10.2 Å². The van der Waals surface area contributed by atoms with Crippen LogP contribution in [0.5, 0.6) is 0 Å². The highest BCUT2D eigenvalue weighted by Gasteiger charge is 2.09. The maximum absolute atomic E-state index is 13.7. The number of hydrazine groups is 1. The molecule has 19 heavy (non-hydrogen) atoms. The fourth-order valence-electron chi connectivity index (χ4n) is 1.74. The number of fused-ring (bicyclic) bond motifs is 1. The molecule has 0 radical (unpaired) electrons. The molecule has 0 spiro atoms. The average Bonchev–Trinajstić information content (AvgIpc) is 2.85. The summed E-state index contributed by atoms with van der Waals surface area (Å²) in [5, 5.41) is 7.26. The van der Waals surface area contributed by atoms with E-state index in [2.05, 4.69) is 20.5 Å². The fraction of sp³-hybridized carbons (Fsp3) is 0. The third-order valence-electron chi connectivity index (χ3n) is 2.62. The summed E-state index contributed by atoms with van der Waals surface area (Å²) in [6, 6.07) is 14.6. The Hall–Kier alpha value is -2.05. The Morgan fingerprint density at radius 1 is 1.05 bits per heavy atom. The summed E-state index contributed by atoms with van der Waals surface area (Å²) >= 11 is 1.40. The van der Waals surface area contributed by atoms with E-state index in [-0.39, 0.29) is 5.82 Å². The Bertz CT molecular complexity index is 683. The molecule has 3 aromatic rings. The van der Waals surface area contributed by atoms with Crippen molar-refractivity contribution in [1.29, 1.82) is 0 Å². The second-order valence-corrected chi connectivity index (χ2v) is 4.76. The topological polar surface area (TPSA) is 52.7 Å². The van der Waals surface area contributed by atoms with Gasteiger partial charge in [0.25, 0.3) is 0 Å². The van der Waals surface area contributed by atoms with E-state index in [0.717, 1.165) is 4.90 Å². The van der Waals surface area contributed by atoms with Gasteiger partial charge in [-0.15, -0.1) is 0 Å². The minimum Gasteiger partial charge on any atom is -0.294 e. The SMILES string of the molecule is Fc1cccc2[nH]nc(NNSc3ccccc3)c12. The van der Waals surface area contributed by atoms with E-state index in [1.165, 1.54) is 18.0 Å². The van der Waals surface area contributed by atoms with Crippen molar-refractivity contribution >= 4 is 28.7 Å². The van der Waals surface area contributed by atoms with Crippen molar-refractivity contribution in [3.63, 3.8) is 0 Å². The number of benzene rings is 2. The number of H-pyrrole nitrogens is 1. The van der Waals surface area contributed by atoms with Gasteiger partial charge in [0.05, 0.1) is 10.9 Å². The van der Waals surface area contributed by atoms with E-state index in [0.29, 0.717) is 16.7 Å². The van der Waals surface area contributed by atoms with E-state index in [1.54, 1.807) is 12.1 Å². The summed E-state index contributed by atoms with van der Waals surface area (Å²) in [6.07, 6.45) is 0. The van der Waals surface area contributed by atoms with Crippen LogP contribution in [-0.2, 0) is 0 Å². The smallest absolute Gasteiger partial charge is 0.173 e. The van der Waals surface area contributed by atoms with Crippen LogP contribution >= 0.6 is 11.9 Å². The molecule has 0 amide bonds. The Balaban J connectivity index is 1.72. The number of anilines is 1. The molecular weight excluding hydrogens is 263 g/mol. The zero-order valence-electron chi connectivity index (χ0n) is 9.85. The number of halogens is 1. The lowest BCUT2D eigenvalue weighted by atomic mass is 10.2. The Morgan fingerprint density at radius 3 is 2.74 bits per heavy atom. The predicted octanol–water partition coefficient (Wildman–Crippen LogP) is 3.33. The molecule has 0 atom stereocenters. The van der Waals surface area contributed by atoms with Gasteiger partial charge in [-0.3, -0.25) is 10.5 Å². The van der Waals surface area contributed by atoms with E-state index in [4.69, 9.17) is 0 Å². The highest BCUT2D eigenvalue weighted by Crippen LogP contribution is 2.23. The van der Waals surface area contributed by atoms with Crippen molar-refractivity contribution in [3.05, 3.63) is 54.3 Å². The van der Waals surface area contributed by atoms with Gasteiger partial charge in [-0.25, -0.2) is 4.39 Å². The molecule has 0 unspecified atom stereocenters. The zero-order valence-corrected chi connectivity index (χ0v) is 10.7. The van der Waals surface area contributed by atoms with E-state index in [1.807, 2.05) is 30.3 Å². The van der Waals surface area contributed by atoms with Crippen molar-refractivity contribution in [2.24, 2.45) is 0 Å². The molecule has 0 saturated heterocycles. The van der Waals surface area contributed by atoms with Gasteiger partial charge in [-0.05, 0) is 36.2 Å². The van der Waals surface area contributed by atoms with Crippen molar-refractivity contribution in [3.8, 4) is 0 Å². The molecule has 3 N–H and O–H groups in total. The standard InChI is InChI=1S/C13H11FN4S/c14-10-7-4-8-11-12(10)13(16-15-11)17-18-19-9-5-2-1-3-6-9/h1-8,18H,(H2,15,16,17). The summed E-state index contributed by atoms with van der Waals surface area (Å²) in [7, 11) is 0. The number of hydrogen-bond acceptors (Lipinski definition) is 4. The van der Waals surface area contributed by atoms with Crippen molar-refractivity contribution in [2.75, 3.05) is 5.43 Å². The maximum atomic E-state index is 13.7. The molecule has 96 valence electrons. The molecule has 0 aliphatic heterocycles. The first kappa shape index (κ1) is 12.0.